The molecule has 0 saturated carbocycles. The van der Waals surface area contributed by atoms with Crippen molar-refractivity contribution in [1.29, 1.82) is 0 Å². The van der Waals surface area contributed by atoms with Gasteiger partial charge in [-0.2, -0.15) is 0 Å². The standard InChI is InChI=1S/C39B24N4O/c40-8-1-2-9(41)18(50)26(58)29(61)33(2)67(32(1)28(60)25(57)17(8)49)34-4-3-10(42)11(43)7(16(48)35(3)68-36(4)31(63)27(59)30(34)62)39-65-37(5-12(44)19(51)23(55)20(52)13(5)45)64-38(66-39)6-14(46)21(53)24(56)22(54)15(6)47. The monoisotopic (exact) mass is 804 g/mol. The molecule has 5 nitrogen and oxygen atoms in total. The third-order valence-corrected chi connectivity index (χ3v) is 12.5. The van der Waals surface area contributed by atoms with Crippen LogP contribution < -0.4 is 131 Å². The third-order valence-electron chi connectivity index (χ3n) is 12.5. The molecule has 0 atom stereocenters. The van der Waals surface area contributed by atoms with Crippen molar-refractivity contribution >= 4 is 363 Å². The molecule has 9 rings (SSSR count). The lowest BCUT2D eigenvalue weighted by Crippen LogP contribution is -2.55. The molecule has 9 aromatic rings. The number of nitrogens with zero attached hydrogens (tertiary/aromatic N) is 4. The molecule has 0 amide bonds. The molecule has 0 N–H and O–H groups in total. The van der Waals surface area contributed by atoms with Crippen molar-refractivity contribution in [3.63, 3.8) is 0 Å². The number of furan rings is 1. The summed E-state index contributed by atoms with van der Waals surface area (Å²) in [6.45, 7) is 0. The number of hydrogen-bond donors (Lipinski definition) is 0. The van der Waals surface area contributed by atoms with Crippen LogP contribution in [-0.2, 0) is 0 Å². The first-order valence-electron chi connectivity index (χ1n) is 19.6. The minimum Gasteiger partial charge on any atom is -0.457 e. The molecule has 0 saturated heterocycles. The molecule has 0 aliphatic heterocycles. The second-order valence-electron chi connectivity index (χ2n) is 16.0. The molecule has 0 bridgehead atoms. The summed E-state index contributed by atoms with van der Waals surface area (Å²) in [6.07, 6.45) is 0. The minimum absolute atomic E-state index is 0.00735. The molecule has 48 radical (unpaired) electrons. The van der Waals surface area contributed by atoms with Crippen LogP contribution in [0.3, 0.4) is 0 Å². The van der Waals surface area contributed by atoms with Gasteiger partial charge in [-0.15, -0.1) is 60.1 Å². The SMILES string of the molecule is [B]c1c([B])c([B])c(-c2nc(-c3c([B])c([B])c([B])c([B])c3[B])nc(-c3c([B])c([B])c4c(oc5c([B])c([B])c([B])c(-n6c7c([B])c([B])c([B])c([B])c7c7c([B])c([B])c([B])c([B])c76)c54)c3[B])n2)c([B])c1[B]. The van der Waals surface area contributed by atoms with E-state index in [1.807, 2.05) is 0 Å². The molecule has 6 aromatic carbocycles. The number of rotatable bonds is 4. The van der Waals surface area contributed by atoms with Crippen LogP contribution in [0.2, 0.25) is 0 Å². The van der Waals surface area contributed by atoms with E-state index in [-0.39, 0.29) is 215 Å². The third kappa shape index (κ3) is 6.40. The van der Waals surface area contributed by atoms with Gasteiger partial charge >= 0.3 is 0 Å². The van der Waals surface area contributed by atoms with Crippen LogP contribution in [0.5, 0.6) is 0 Å². The van der Waals surface area contributed by atoms with Crippen LogP contribution in [0, 0.1) is 0 Å². The highest BCUT2D eigenvalue weighted by atomic mass is 16.3. The summed E-state index contributed by atoms with van der Waals surface area (Å²) in [5.74, 6) is -0.822. The highest BCUT2D eigenvalue weighted by Gasteiger charge is 2.30. The zero-order valence-electron chi connectivity index (χ0n) is 35.6. The molecule has 68 heavy (non-hydrogen) atoms. The summed E-state index contributed by atoms with van der Waals surface area (Å²) in [5.41, 5.74) is -3.38. The molecule has 0 unspecified atom stereocenters. The first-order valence-corrected chi connectivity index (χ1v) is 19.6. The van der Waals surface area contributed by atoms with Gasteiger partial charge in [0.2, 0.25) is 0 Å². The van der Waals surface area contributed by atoms with Gasteiger partial charge in [-0.1, -0.05) is 65.6 Å². The van der Waals surface area contributed by atoms with E-state index in [0.717, 1.165) is 0 Å². The van der Waals surface area contributed by atoms with Crippen molar-refractivity contribution in [2.75, 3.05) is 0 Å². The van der Waals surface area contributed by atoms with Gasteiger partial charge < -0.3 is 8.98 Å². The Morgan fingerprint density at radius 3 is 0.882 bits per heavy atom. The van der Waals surface area contributed by atoms with Crippen LogP contribution in [0.25, 0.3) is 83.6 Å². The topological polar surface area (TPSA) is 56.7 Å². The maximum atomic E-state index is 7.07. The van der Waals surface area contributed by atoms with Gasteiger partial charge in [0.15, 0.2) is 17.5 Å². The number of aromatic nitrogens is 4. The highest BCUT2D eigenvalue weighted by molar-refractivity contribution is 6.74. The smallest absolute Gasteiger partial charge is 0.163 e. The summed E-state index contributed by atoms with van der Waals surface area (Å²) >= 11 is 0. The van der Waals surface area contributed by atoms with E-state index in [0.29, 0.717) is 0 Å². The molecule has 0 aliphatic carbocycles. The lowest BCUT2D eigenvalue weighted by molar-refractivity contribution is 0.674. The van der Waals surface area contributed by atoms with Crippen LogP contribution in [0.15, 0.2) is 4.42 Å². The van der Waals surface area contributed by atoms with Crippen molar-refractivity contribution < 1.29 is 4.42 Å². The van der Waals surface area contributed by atoms with E-state index in [4.69, 9.17) is 203 Å². The highest BCUT2D eigenvalue weighted by Crippen LogP contribution is 2.34. The Morgan fingerprint density at radius 1 is 0.235 bits per heavy atom. The molecule has 0 aliphatic rings. The van der Waals surface area contributed by atoms with Crippen molar-refractivity contribution in [3.05, 3.63) is 0 Å². The molecular weight excluding hydrogens is 800 g/mol. The van der Waals surface area contributed by atoms with Crippen LogP contribution in [0.4, 0.5) is 0 Å². The van der Waals surface area contributed by atoms with Crippen LogP contribution >= 0.6 is 0 Å². The summed E-state index contributed by atoms with van der Waals surface area (Å²) < 4.78 is 7.99. The normalized spacial score (nSPS) is 11.8. The second-order valence-corrected chi connectivity index (χ2v) is 16.0. The Balaban J connectivity index is 1.47. The van der Waals surface area contributed by atoms with Gasteiger partial charge in [0.1, 0.15) is 199 Å². The number of benzene rings is 6. The van der Waals surface area contributed by atoms with E-state index in [1.54, 1.807) is 0 Å². The molecule has 0 spiro atoms. The number of fused-ring (bicyclic) bond motifs is 6. The van der Waals surface area contributed by atoms with Gasteiger partial charge in [0.25, 0.3) is 0 Å². The summed E-state index contributed by atoms with van der Waals surface area (Å²) in [4.78, 5) is 14.0. The van der Waals surface area contributed by atoms with E-state index in [9.17, 15) is 0 Å². The lowest BCUT2D eigenvalue weighted by atomic mass is 9.60. The zero-order chi connectivity index (χ0) is 49.9. The number of hydrogen-bond acceptors (Lipinski definition) is 4. The largest absolute Gasteiger partial charge is 0.457 e. The lowest BCUT2D eigenvalue weighted by Gasteiger charge is -2.23. The fourth-order valence-electron chi connectivity index (χ4n) is 8.65. The molecule has 3 aromatic heterocycles. The van der Waals surface area contributed by atoms with E-state index < -0.39 is 0 Å². The molecule has 3 heterocycles. The average Bonchev–Trinajstić information content (AvgIpc) is 3.88. The maximum absolute atomic E-state index is 7.07. The quantitative estimate of drug-likeness (QED) is 0.166. The Morgan fingerprint density at radius 2 is 0.500 bits per heavy atom. The van der Waals surface area contributed by atoms with Crippen LogP contribution in [0.1, 0.15) is 0 Å². The summed E-state index contributed by atoms with van der Waals surface area (Å²) in [5, 5.41) is 0.486. The molecule has 29 heteroatoms. The summed E-state index contributed by atoms with van der Waals surface area (Å²) in [7, 11) is 157. The first-order chi connectivity index (χ1) is 31.8. The van der Waals surface area contributed by atoms with Crippen molar-refractivity contribution in [2.45, 2.75) is 0 Å². The van der Waals surface area contributed by atoms with E-state index >= 15 is 0 Å². The van der Waals surface area contributed by atoms with Gasteiger partial charge in [-0.3, -0.25) is 0 Å². The predicted octanol–water partition coefficient (Wildman–Crippen LogP) is -19.1. The predicted molar refractivity (Wildman–Crippen MR) is 307 cm³/mol. The van der Waals surface area contributed by atoms with E-state index in [1.165, 1.54) is 4.57 Å². The fourth-order valence-corrected chi connectivity index (χ4v) is 8.65. The van der Waals surface area contributed by atoms with Crippen molar-refractivity contribution in [2.24, 2.45) is 0 Å². The zero-order valence-corrected chi connectivity index (χ0v) is 35.6. The van der Waals surface area contributed by atoms with Gasteiger partial charge in [-0.05, 0) is 16.2 Å². The molecule has 254 valence electrons. The van der Waals surface area contributed by atoms with Crippen molar-refractivity contribution in [1.82, 2.24) is 19.5 Å². The van der Waals surface area contributed by atoms with Crippen molar-refractivity contribution in [3.8, 4) is 39.9 Å². The van der Waals surface area contributed by atoms with Gasteiger partial charge in [0, 0.05) is 33.1 Å². The Hall–Kier alpha value is -4.51. The average molecular weight is 800 g/mol. The maximum Gasteiger partial charge on any atom is 0.163 e. The van der Waals surface area contributed by atoms with Gasteiger partial charge in [0.05, 0.1) is 11.1 Å². The van der Waals surface area contributed by atoms with E-state index in [2.05, 4.69) is 4.98 Å². The molecule has 0 fully saturated rings. The van der Waals surface area contributed by atoms with Gasteiger partial charge in [-0.25, -0.2) is 15.0 Å². The van der Waals surface area contributed by atoms with Crippen LogP contribution in [-0.4, -0.2) is 208 Å². The summed E-state index contributed by atoms with van der Waals surface area (Å²) in [6, 6.07) is 0. The fraction of sp³-hybridized carbons (Fsp3) is 0. The first kappa shape index (κ1) is 48.5. The Bertz CT molecular complexity index is 3640. The second kappa shape index (κ2) is 16.5. The molecular formula is C39B24N4O. The Kier molecular flexibility index (Phi) is 11.8. The minimum atomic E-state index is -0.295. The Labute approximate surface area is 424 Å².